The molecular weight excluding hydrogens is 338 g/mol. The van der Waals surface area contributed by atoms with Crippen molar-refractivity contribution in [3.05, 3.63) is 48.3 Å². The summed E-state index contributed by atoms with van der Waals surface area (Å²) in [6.45, 7) is 0.993. The normalized spacial score (nSPS) is 14.3. The molecule has 0 radical (unpaired) electrons. The summed E-state index contributed by atoms with van der Waals surface area (Å²) in [5, 5.41) is 0. The number of rotatable bonds is 8. The Morgan fingerprint density at radius 3 is 2.19 bits per heavy atom. The van der Waals surface area contributed by atoms with Crippen molar-refractivity contribution in [1.82, 2.24) is 14.7 Å². The maximum Gasteiger partial charge on any atom is 0.326 e. The number of likely N-dealkylation sites (N-methyl/N-ethyl adjacent to an activating group) is 1. The van der Waals surface area contributed by atoms with E-state index in [2.05, 4.69) is 0 Å². The summed E-state index contributed by atoms with van der Waals surface area (Å²) < 4.78 is 10.7. The fourth-order valence-corrected chi connectivity index (χ4v) is 2.85. The Kier molecular flexibility index (Phi) is 5.40. The molecule has 8 nitrogen and oxygen atoms in total. The molecule has 1 aliphatic rings. The molecule has 0 bridgehead atoms. The molecule has 1 saturated heterocycles. The number of urea groups is 1. The third kappa shape index (κ3) is 4.14. The third-order valence-electron chi connectivity index (χ3n) is 4.21. The second-order valence-corrected chi connectivity index (χ2v) is 6.20. The Hall–Kier alpha value is -3.03. The second kappa shape index (κ2) is 7.90. The van der Waals surface area contributed by atoms with E-state index in [0.717, 1.165) is 0 Å². The van der Waals surface area contributed by atoms with Crippen molar-refractivity contribution in [2.24, 2.45) is 0 Å². The van der Waals surface area contributed by atoms with Crippen LogP contribution in [0.2, 0.25) is 0 Å². The van der Waals surface area contributed by atoms with Gasteiger partial charge in [-0.2, -0.15) is 0 Å². The molecule has 1 aliphatic heterocycles. The zero-order valence-electron chi connectivity index (χ0n) is 14.6. The first-order valence-electron chi connectivity index (χ1n) is 8.42. The Morgan fingerprint density at radius 1 is 1.12 bits per heavy atom. The Labute approximate surface area is 150 Å². The zero-order chi connectivity index (χ0) is 18.5. The topological polar surface area (TPSA) is 87.2 Å². The van der Waals surface area contributed by atoms with Crippen LogP contribution < -0.4 is 0 Å². The van der Waals surface area contributed by atoms with Gasteiger partial charge in [0.2, 0.25) is 11.8 Å². The Morgan fingerprint density at radius 2 is 1.73 bits per heavy atom. The summed E-state index contributed by atoms with van der Waals surface area (Å²) in [6, 6.07) is 6.84. The van der Waals surface area contributed by atoms with E-state index in [0.29, 0.717) is 31.0 Å². The van der Waals surface area contributed by atoms with Crippen LogP contribution in [-0.2, 0) is 22.7 Å². The molecule has 0 spiro atoms. The van der Waals surface area contributed by atoms with Gasteiger partial charge in [0.25, 0.3) is 0 Å². The lowest BCUT2D eigenvalue weighted by atomic mass is 10.2. The maximum atomic E-state index is 12.6. The number of amides is 4. The van der Waals surface area contributed by atoms with Crippen LogP contribution in [0.25, 0.3) is 0 Å². The smallest absolute Gasteiger partial charge is 0.326 e. The van der Waals surface area contributed by atoms with Crippen molar-refractivity contribution in [3.8, 4) is 0 Å². The van der Waals surface area contributed by atoms with Crippen LogP contribution in [0.5, 0.6) is 0 Å². The van der Waals surface area contributed by atoms with Crippen LogP contribution in [0, 0.1) is 0 Å². The van der Waals surface area contributed by atoms with Crippen LogP contribution in [-0.4, -0.2) is 52.7 Å². The number of imide groups is 1. The first-order valence-corrected chi connectivity index (χ1v) is 8.42. The van der Waals surface area contributed by atoms with Crippen molar-refractivity contribution in [1.29, 1.82) is 0 Å². The van der Waals surface area contributed by atoms with Crippen molar-refractivity contribution in [2.45, 2.75) is 25.9 Å². The van der Waals surface area contributed by atoms with E-state index in [1.807, 2.05) is 0 Å². The molecule has 3 heterocycles. The van der Waals surface area contributed by atoms with Gasteiger partial charge in [0.15, 0.2) is 0 Å². The molecule has 0 saturated carbocycles. The molecule has 0 aromatic carbocycles. The number of carbonyl (C=O) groups is 3. The molecule has 0 aliphatic carbocycles. The van der Waals surface area contributed by atoms with E-state index in [1.54, 1.807) is 48.7 Å². The van der Waals surface area contributed by atoms with Gasteiger partial charge in [-0.1, -0.05) is 0 Å². The van der Waals surface area contributed by atoms with E-state index >= 15 is 0 Å². The van der Waals surface area contributed by atoms with Crippen molar-refractivity contribution < 1.29 is 23.2 Å². The lowest BCUT2D eigenvalue weighted by molar-refractivity contribution is -0.133. The number of hydrogen-bond donors (Lipinski definition) is 0. The molecule has 2 aromatic heterocycles. The standard InChI is InChI=1S/C18H21N3O5/c1-19-13-17(23)21(18(19)24)8-2-7-16(22)20(11-14-5-3-9-25-14)12-15-6-4-10-26-15/h3-6,9-10H,2,7-8,11-13H2,1H3. The maximum absolute atomic E-state index is 12.6. The predicted molar refractivity (Wildman–Crippen MR) is 90.6 cm³/mol. The molecule has 138 valence electrons. The molecule has 0 N–H and O–H groups in total. The third-order valence-corrected chi connectivity index (χ3v) is 4.21. The predicted octanol–water partition coefficient (Wildman–Crippen LogP) is 2.08. The van der Waals surface area contributed by atoms with Gasteiger partial charge in [0, 0.05) is 20.0 Å². The van der Waals surface area contributed by atoms with Gasteiger partial charge in [0.05, 0.1) is 25.6 Å². The van der Waals surface area contributed by atoms with Gasteiger partial charge in [0.1, 0.15) is 18.1 Å². The zero-order valence-corrected chi connectivity index (χ0v) is 14.6. The quantitative estimate of drug-likeness (QED) is 0.674. The number of hydrogen-bond acceptors (Lipinski definition) is 5. The van der Waals surface area contributed by atoms with E-state index < -0.39 is 0 Å². The first-order chi connectivity index (χ1) is 12.5. The molecule has 4 amide bonds. The molecule has 0 atom stereocenters. The summed E-state index contributed by atoms with van der Waals surface area (Å²) in [7, 11) is 1.58. The van der Waals surface area contributed by atoms with Crippen LogP contribution >= 0.6 is 0 Å². The van der Waals surface area contributed by atoms with Gasteiger partial charge in [-0.25, -0.2) is 4.79 Å². The molecule has 26 heavy (non-hydrogen) atoms. The number of carbonyl (C=O) groups excluding carboxylic acids is 3. The van der Waals surface area contributed by atoms with Gasteiger partial charge in [-0.15, -0.1) is 0 Å². The summed E-state index contributed by atoms with van der Waals surface area (Å²) in [5.74, 6) is 1.03. The highest BCUT2D eigenvalue weighted by molar-refractivity contribution is 6.01. The van der Waals surface area contributed by atoms with Crippen molar-refractivity contribution in [3.63, 3.8) is 0 Å². The molecular formula is C18H21N3O5. The fourth-order valence-electron chi connectivity index (χ4n) is 2.85. The molecule has 1 fully saturated rings. The van der Waals surface area contributed by atoms with E-state index in [4.69, 9.17) is 8.83 Å². The number of nitrogens with zero attached hydrogens (tertiary/aromatic N) is 3. The molecule has 2 aromatic rings. The van der Waals surface area contributed by atoms with Crippen molar-refractivity contribution >= 4 is 17.8 Å². The SMILES string of the molecule is CN1CC(=O)N(CCCC(=O)N(Cc2ccco2)Cc2ccco2)C1=O. The fraction of sp³-hybridized carbons (Fsp3) is 0.389. The Bertz CT molecular complexity index is 718. The lowest BCUT2D eigenvalue weighted by Gasteiger charge is -2.21. The largest absolute Gasteiger partial charge is 0.467 e. The minimum atomic E-state index is -0.314. The molecule has 0 unspecified atom stereocenters. The van der Waals surface area contributed by atoms with E-state index in [1.165, 1.54) is 9.80 Å². The summed E-state index contributed by atoms with van der Waals surface area (Å²) in [4.78, 5) is 40.5. The van der Waals surface area contributed by atoms with E-state index in [9.17, 15) is 14.4 Å². The summed E-state index contributed by atoms with van der Waals surface area (Å²) >= 11 is 0. The highest BCUT2D eigenvalue weighted by Gasteiger charge is 2.33. The van der Waals surface area contributed by atoms with Crippen LogP contribution in [0.15, 0.2) is 45.6 Å². The van der Waals surface area contributed by atoms with Crippen LogP contribution in [0.4, 0.5) is 4.79 Å². The summed E-state index contributed by atoms with van der Waals surface area (Å²) in [6.07, 6.45) is 3.76. The van der Waals surface area contributed by atoms with Gasteiger partial charge in [-0.3, -0.25) is 14.5 Å². The van der Waals surface area contributed by atoms with Gasteiger partial charge in [-0.05, 0) is 30.7 Å². The number of furan rings is 2. The van der Waals surface area contributed by atoms with Crippen molar-refractivity contribution in [2.75, 3.05) is 20.1 Å². The highest BCUT2D eigenvalue weighted by atomic mass is 16.3. The van der Waals surface area contributed by atoms with Crippen LogP contribution in [0.1, 0.15) is 24.4 Å². The van der Waals surface area contributed by atoms with Gasteiger partial charge >= 0.3 is 6.03 Å². The monoisotopic (exact) mass is 359 g/mol. The highest BCUT2D eigenvalue weighted by Crippen LogP contribution is 2.14. The van der Waals surface area contributed by atoms with Crippen LogP contribution in [0.3, 0.4) is 0 Å². The lowest BCUT2D eigenvalue weighted by Crippen LogP contribution is -2.34. The first kappa shape index (κ1) is 17.8. The minimum absolute atomic E-state index is 0.0924. The van der Waals surface area contributed by atoms with E-state index in [-0.39, 0.29) is 37.4 Å². The second-order valence-electron chi connectivity index (χ2n) is 6.20. The van der Waals surface area contributed by atoms with Gasteiger partial charge < -0.3 is 18.6 Å². The minimum Gasteiger partial charge on any atom is -0.467 e. The summed E-state index contributed by atoms with van der Waals surface area (Å²) in [5.41, 5.74) is 0. The molecule has 3 rings (SSSR count). The average molecular weight is 359 g/mol. The molecule has 8 heteroatoms. The Balaban J connectivity index is 1.56. The average Bonchev–Trinajstić information content (AvgIpc) is 3.34.